The summed E-state index contributed by atoms with van der Waals surface area (Å²) in [5.41, 5.74) is 10.4. The molecule has 22 heteroatoms. The fourth-order valence-electron chi connectivity index (χ4n) is 12.4. The second-order valence-corrected chi connectivity index (χ2v) is 25.7. The Morgan fingerprint density at radius 3 is 0.863 bits per heavy atom. The summed E-state index contributed by atoms with van der Waals surface area (Å²) in [5, 5.41) is 15.8. The number of para-hydroxylation sites is 4. The summed E-state index contributed by atoms with van der Waals surface area (Å²) in [4.78, 5) is 17.5. The molecule has 102 heavy (non-hydrogen) atoms. The molecule has 2 fully saturated rings. The highest BCUT2D eigenvalue weighted by Gasteiger charge is 2.34. The number of rotatable bonds is 18. The van der Waals surface area contributed by atoms with E-state index in [0.717, 1.165) is 52.2 Å². The number of nitrogens with zero attached hydrogens (tertiary/aromatic N) is 8. The van der Waals surface area contributed by atoms with Crippen LogP contribution in [0.2, 0.25) is 0 Å². The lowest BCUT2D eigenvalue weighted by molar-refractivity contribution is -0.275. The van der Waals surface area contributed by atoms with Crippen molar-refractivity contribution in [1.82, 2.24) is 40.6 Å². The highest BCUT2D eigenvalue weighted by Crippen LogP contribution is 2.39. The third-order valence-corrected chi connectivity index (χ3v) is 17.3. The van der Waals surface area contributed by atoms with Gasteiger partial charge in [0.1, 0.15) is 23.0 Å². The number of ether oxygens (including phenoxy) is 4. The van der Waals surface area contributed by atoms with Gasteiger partial charge in [0.05, 0.1) is 36.5 Å². The molecule has 14 rings (SSSR count). The normalized spacial score (nSPS) is 13.5. The number of hydrogen-bond donors (Lipinski definition) is 0. The quantitative estimate of drug-likeness (QED) is 0.0736. The van der Waals surface area contributed by atoms with Gasteiger partial charge in [-0.2, -0.15) is 19.9 Å². The average Bonchev–Trinajstić information content (AvgIpc) is 1.65. The number of alkyl halides is 6. The Hall–Kier alpha value is -10.9. The number of hydrogen-bond acceptors (Lipinski definition) is 16. The van der Waals surface area contributed by atoms with E-state index < -0.39 is 12.7 Å². The van der Waals surface area contributed by atoms with Crippen molar-refractivity contribution in [3.8, 4) is 114 Å². The molecular weight excluding hydrogens is 1310 g/mol. The van der Waals surface area contributed by atoms with Gasteiger partial charge in [-0.05, 0) is 182 Å². The zero-order valence-electron chi connectivity index (χ0n) is 57.4. The third kappa shape index (κ3) is 19.8. The van der Waals surface area contributed by atoms with Crippen LogP contribution in [0.4, 0.5) is 26.3 Å². The van der Waals surface area contributed by atoms with Crippen LogP contribution in [0.15, 0.2) is 212 Å². The van der Waals surface area contributed by atoms with E-state index in [0.29, 0.717) is 52.7 Å². The molecule has 8 aromatic carbocycles. The molecule has 0 bridgehead atoms. The summed E-state index contributed by atoms with van der Waals surface area (Å²) < 4.78 is 116. The molecule has 2 aliphatic rings. The highest BCUT2D eigenvalue weighted by molar-refractivity contribution is 5.69. The van der Waals surface area contributed by atoms with Crippen LogP contribution in [0.1, 0.15) is 126 Å². The van der Waals surface area contributed by atoms with Crippen LogP contribution in [-0.2, 0) is 12.8 Å². The molecule has 0 atom stereocenters. The van der Waals surface area contributed by atoms with Crippen molar-refractivity contribution in [2.24, 2.45) is 11.8 Å². The molecule has 0 amide bonds. The molecule has 528 valence electrons. The van der Waals surface area contributed by atoms with Crippen molar-refractivity contribution in [2.75, 3.05) is 14.2 Å². The molecular formula is C80H78F6N8O8. The van der Waals surface area contributed by atoms with E-state index in [9.17, 15) is 26.3 Å². The molecule has 4 aromatic heterocycles. The van der Waals surface area contributed by atoms with Crippen LogP contribution in [-0.4, -0.2) is 67.5 Å². The SMILES string of the molecule is CC(C)Cc1ccc(-c2nc(-c3ccccc3OC(F)(F)F)no2)cc1.COc1ccccc1-c1noc(-c2ccc(C3CCCCC3)cc2)n1.COc1ccccc1-c1noc(-c2ccc(CC(C)C)cc2)n1.FC(F)(F)Oc1ccccc1-c1noc(-c2ccc(C3CCCCC3)cc2)n1. The van der Waals surface area contributed by atoms with Gasteiger partial charge in [-0.25, -0.2) is 0 Å². The zero-order chi connectivity index (χ0) is 71.6. The molecule has 0 radical (unpaired) electrons. The first-order valence-electron chi connectivity index (χ1n) is 34.0. The molecule has 0 N–H and O–H groups in total. The molecule has 12 aromatic rings. The van der Waals surface area contributed by atoms with Gasteiger partial charge in [0.2, 0.25) is 23.3 Å². The molecule has 2 aliphatic carbocycles. The van der Waals surface area contributed by atoms with Crippen LogP contribution in [0, 0.1) is 11.8 Å². The maximum Gasteiger partial charge on any atom is 0.573 e. The van der Waals surface area contributed by atoms with Crippen molar-refractivity contribution >= 4 is 0 Å². The third-order valence-electron chi connectivity index (χ3n) is 17.3. The number of halogens is 6. The van der Waals surface area contributed by atoms with E-state index in [4.69, 9.17) is 27.6 Å². The Labute approximate surface area is 587 Å². The van der Waals surface area contributed by atoms with Gasteiger partial charge in [0, 0.05) is 22.3 Å². The van der Waals surface area contributed by atoms with E-state index in [1.165, 1.54) is 123 Å². The molecule has 0 spiro atoms. The van der Waals surface area contributed by atoms with Crippen LogP contribution in [0.5, 0.6) is 23.0 Å². The van der Waals surface area contributed by atoms with Crippen molar-refractivity contribution in [3.05, 3.63) is 216 Å². The van der Waals surface area contributed by atoms with E-state index in [1.807, 2.05) is 97.1 Å². The minimum Gasteiger partial charge on any atom is -0.496 e. The van der Waals surface area contributed by atoms with Gasteiger partial charge >= 0.3 is 12.7 Å². The van der Waals surface area contributed by atoms with Crippen LogP contribution in [0.3, 0.4) is 0 Å². The monoisotopic (exact) mass is 1390 g/mol. The Balaban J connectivity index is 0.000000137. The first kappa shape index (κ1) is 72.4. The standard InChI is InChI=1S/C21H19F3N2O2.C21H22N2O2.C19H17F3N2O2.C19H20N2O2/c22-21(23,24)27-18-9-5-4-8-17(18)19-25-20(28-26-19)16-12-10-15(11-13-16)14-6-2-1-3-7-14;1-24-19-10-6-5-9-18(19)20-22-21(25-23-20)17-13-11-16(12-14-17)15-7-3-2-4-8-15;1-12(2)11-13-7-9-14(10-8-13)18-23-17(24-26-18)15-5-3-4-6-16(15)25-19(20,21)22;1-13(2)12-14-8-10-15(11-9-14)19-20-18(21-23-19)16-6-4-5-7-17(16)22-3/h4-5,8-14H,1-3,6-7H2;5-6,9-15H,2-4,7-8H2,1H3;3-10,12H,11H2,1-2H3;4-11,13H,12H2,1-3H3. The summed E-state index contributed by atoms with van der Waals surface area (Å²) in [6, 6.07) is 59.2. The van der Waals surface area contributed by atoms with Crippen molar-refractivity contribution in [3.63, 3.8) is 0 Å². The summed E-state index contributed by atoms with van der Waals surface area (Å²) >= 11 is 0. The lowest BCUT2D eigenvalue weighted by Gasteiger charge is -2.21. The molecule has 0 saturated heterocycles. The second-order valence-electron chi connectivity index (χ2n) is 25.7. The van der Waals surface area contributed by atoms with E-state index in [2.05, 4.69) is 126 Å². The zero-order valence-corrected chi connectivity index (χ0v) is 57.4. The summed E-state index contributed by atoms with van der Waals surface area (Å²) in [5.74, 6) is 5.90. The minimum atomic E-state index is -4.80. The second kappa shape index (κ2) is 34.0. The predicted octanol–water partition coefficient (Wildman–Crippen LogP) is 21.9. The molecule has 16 nitrogen and oxygen atoms in total. The van der Waals surface area contributed by atoms with Crippen LogP contribution < -0.4 is 18.9 Å². The van der Waals surface area contributed by atoms with Crippen molar-refractivity contribution < 1.29 is 63.4 Å². The van der Waals surface area contributed by atoms with Crippen LogP contribution in [0.25, 0.3) is 91.4 Å². The Morgan fingerprint density at radius 2 is 0.598 bits per heavy atom. The Bertz CT molecular complexity index is 4580. The lowest BCUT2D eigenvalue weighted by atomic mass is 9.84. The topological polar surface area (TPSA) is 193 Å². The Morgan fingerprint density at radius 1 is 0.343 bits per heavy atom. The van der Waals surface area contributed by atoms with E-state index in [1.54, 1.807) is 26.4 Å². The largest absolute Gasteiger partial charge is 0.573 e. The minimum absolute atomic E-state index is 0.0334. The van der Waals surface area contributed by atoms with Gasteiger partial charge in [-0.1, -0.05) is 184 Å². The number of methoxy groups -OCH3 is 2. The molecule has 4 heterocycles. The first-order valence-corrected chi connectivity index (χ1v) is 34.0. The van der Waals surface area contributed by atoms with Crippen LogP contribution >= 0.6 is 0 Å². The highest BCUT2D eigenvalue weighted by atomic mass is 19.4. The molecule has 0 aliphatic heterocycles. The predicted molar refractivity (Wildman–Crippen MR) is 376 cm³/mol. The maximum atomic E-state index is 12.6. The van der Waals surface area contributed by atoms with Gasteiger partial charge in [-0.15, -0.1) is 26.3 Å². The number of benzene rings is 8. The van der Waals surface area contributed by atoms with Crippen molar-refractivity contribution in [1.29, 1.82) is 0 Å². The Kier molecular flexibility index (Phi) is 24.1. The van der Waals surface area contributed by atoms with Gasteiger partial charge in [-0.3, -0.25) is 0 Å². The van der Waals surface area contributed by atoms with E-state index in [-0.39, 0.29) is 46.1 Å². The number of aromatic nitrogens is 8. The average molecular weight is 1390 g/mol. The summed E-state index contributed by atoms with van der Waals surface area (Å²) in [6.07, 6.45) is 5.35. The maximum absolute atomic E-state index is 12.6. The lowest BCUT2D eigenvalue weighted by Crippen LogP contribution is -2.17. The first-order chi connectivity index (χ1) is 49.3. The van der Waals surface area contributed by atoms with Gasteiger partial charge < -0.3 is 37.0 Å². The van der Waals surface area contributed by atoms with Crippen molar-refractivity contribution in [2.45, 2.75) is 129 Å². The molecule has 2 saturated carbocycles. The fraction of sp³-hybridized carbons (Fsp3) is 0.300. The fourth-order valence-corrected chi connectivity index (χ4v) is 12.4. The smallest absolute Gasteiger partial charge is 0.496 e. The summed E-state index contributed by atoms with van der Waals surface area (Å²) in [6.45, 7) is 8.70. The molecule has 0 unspecified atom stereocenters. The van der Waals surface area contributed by atoms with Gasteiger partial charge in [0.25, 0.3) is 23.6 Å². The van der Waals surface area contributed by atoms with Gasteiger partial charge in [0.15, 0.2) is 0 Å². The summed E-state index contributed by atoms with van der Waals surface area (Å²) in [7, 11) is 3.27. The van der Waals surface area contributed by atoms with E-state index >= 15 is 0 Å².